The third-order valence-electron chi connectivity index (χ3n) is 4.48. The van der Waals surface area contributed by atoms with Crippen LogP contribution in [0.1, 0.15) is 30.8 Å². The van der Waals surface area contributed by atoms with Gasteiger partial charge in [-0.3, -0.25) is 0 Å². The van der Waals surface area contributed by atoms with Gasteiger partial charge in [-0.15, -0.1) is 0 Å². The number of aromatic nitrogens is 1. The Kier molecular flexibility index (Phi) is 3.10. The molecular formula is C16H18N2O3. The number of nitrogens with one attached hydrogen (secondary N) is 1. The van der Waals surface area contributed by atoms with Crippen LogP contribution in [0.15, 0.2) is 30.3 Å². The van der Waals surface area contributed by atoms with Crippen LogP contribution in [0.2, 0.25) is 0 Å². The molecule has 1 aliphatic rings. The van der Waals surface area contributed by atoms with E-state index >= 15 is 0 Å². The number of benzene rings is 1. The minimum absolute atomic E-state index is 0.0221. The zero-order chi connectivity index (χ0) is 15.2. The van der Waals surface area contributed by atoms with E-state index in [0.717, 1.165) is 11.1 Å². The van der Waals surface area contributed by atoms with Crippen LogP contribution in [0.25, 0.3) is 10.9 Å². The molecule has 5 heteroatoms. The summed E-state index contributed by atoms with van der Waals surface area (Å²) in [7, 11) is 0. The highest BCUT2D eigenvalue weighted by Crippen LogP contribution is 2.43. The summed E-state index contributed by atoms with van der Waals surface area (Å²) in [4.78, 5) is 15.4. The highest BCUT2D eigenvalue weighted by atomic mass is 16.4. The average Bonchev–Trinajstić information content (AvgIpc) is 2.46. The highest BCUT2D eigenvalue weighted by molar-refractivity contribution is 5.97. The third-order valence-corrected chi connectivity index (χ3v) is 4.48. The summed E-state index contributed by atoms with van der Waals surface area (Å²) in [5.74, 6) is -1.04. The van der Waals surface area contributed by atoms with Gasteiger partial charge in [-0.05, 0) is 18.6 Å². The molecule has 5 nitrogen and oxygen atoms in total. The Labute approximate surface area is 122 Å². The fraction of sp³-hybridized carbons (Fsp3) is 0.375. The van der Waals surface area contributed by atoms with E-state index in [1.807, 2.05) is 32.0 Å². The van der Waals surface area contributed by atoms with E-state index in [0.29, 0.717) is 11.9 Å². The van der Waals surface area contributed by atoms with Crippen LogP contribution in [0, 0.1) is 5.41 Å². The van der Waals surface area contributed by atoms with Gasteiger partial charge in [0.25, 0.3) is 0 Å². The normalized spacial score (nSPS) is 23.6. The largest absolute Gasteiger partial charge is 0.477 e. The topological polar surface area (TPSA) is 82.5 Å². The quantitative estimate of drug-likeness (QED) is 0.807. The molecule has 0 saturated heterocycles. The number of hydrogen-bond donors (Lipinski definition) is 3. The van der Waals surface area contributed by atoms with E-state index in [4.69, 9.17) is 0 Å². The first kappa shape index (κ1) is 13.8. The maximum atomic E-state index is 11.2. The summed E-state index contributed by atoms with van der Waals surface area (Å²) in [5, 5.41) is 23.3. The Morgan fingerprint density at radius 3 is 2.71 bits per heavy atom. The van der Waals surface area contributed by atoms with Gasteiger partial charge in [-0.1, -0.05) is 32.0 Å². The molecule has 21 heavy (non-hydrogen) atoms. The molecule has 0 bridgehead atoms. The lowest BCUT2D eigenvalue weighted by Crippen LogP contribution is -2.56. The number of pyridine rings is 1. The second-order valence-electron chi connectivity index (χ2n) is 6.15. The molecule has 0 aliphatic heterocycles. The van der Waals surface area contributed by atoms with Gasteiger partial charge in [0.2, 0.25) is 0 Å². The SMILES string of the molecule is CC1(C)C(O)CC1Nc1cc(C(=O)O)nc2ccccc12. The number of para-hydroxylation sites is 1. The van der Waals surface area contributed by atoms with Gasteiger partial charge in [-0.2, -0.15) is 0 Å². The van der Waals surface area contributed by atoms with Crippen molar-refractivity contribution in [1.29, 1.82) is 0 Å². The Balaban J connectivity index is 2.03. The average molecular weight is 286 g/mol. The second-order valence-corrected chi connectivity index (χ2v) is 6.15. The monoisotopic (exact) mass is 286 g/mol. The van der Waals surface area contributed by atoms with E-state index in [2.05, 4.69) is 10.3 Å². The molecule has 1 aliphatic carbocycles. The van der Waals surface area contributed by atoms with Gasteiger partial charge in [0.05, 0.1) is 11.6 Å². The Hall–Kier alpha value is -2.14. The van der Waals surface area contributed by atoms with Crippen LogP contribution in [0.5, 0.6) is 0 Å². The summed E-state index contributed by atoms with van der Waals surface area (Å²) >= 11 is 0. The summed E-state index contributed by atoms with van der Waals surface area (Å²) in [6, 6.07) is 9.12. The van der Waals surface area contributed by atoms with Crippen LogP contribution in [0.3, 0.4) is 0 Å². The number of anilines is 1. The van der Waals surface area contributed by atoms with Crippen molar-refractivity contribution in [1.82, 2.24) is 4.98 Å². The maximum Gasteiger partial charge on any atom is 0.354 e. The molecule has 1 fully saturated rings. The van der Waals surface area contributed by atoms with Crippen LogP contribution >= 0.6 is 0 Å². The first-order chi connectivity index (χ1) is 9.89. The van der Waals surface area contributed by atoms with Crippen LogP contribution < -0.4 is 5.32 Å². The molecule has 0 radical (unpaired) electrons. The van der Waals surface area contributed by atoms with Crippen LogP contribution in [-0.4, -0.2) is 33.3 Å². The Bertz CT molecular complexity index is 712. The van der Waals surface area contributed by atoms with Crippen molar-refractivity contribution in [2.75, 3.05) is 5.32 Å². The number of nitrogens with zero attached hydrogens (tertiary/aromatic N) is 1. The zero-order valence-corrected chi connectivity index (χ0v) is 12.0. The first-order valence-electron chi connectivity index (χ1n) is 6.97. The number of carboxylic acids is 1. The van der Waals surface area contributed by atoms with Gasteiger partial charge in [0, 0.05) is 22.5 Å². The number of fused-ring (bicyclic) bond motifs is 1. The fourth-order valence-electron chi connectivity index (χ4n) is 2.74. The van der Waals surface area contributed by atoms with Crippen molar-refractivity contribution in [3.05, 3.63) is 36.0 Å². The molecule has 1 aromatic heterocycles. The minimum atomic E-state index is -1.04. The van der Waals surface area contributed by atoms with Crippen molar-refractivity contribution in [2.45, 2.75) is 32.4 Å². The zero-order valence-electron chi connectivity index (χ0n) is 12.0. The van der Waals surface area contributed by atoms with Crippen molar-refractivity contribution in [3.63, 3.8) is 0 Å². The smallest absolute Gasteiger partial charge is 0.354 e. The molecule has 2 unspecified atom stereocenters. The number of carboxylic acid groups (broad SMARTS) is 1. The van der Waals surface area contributed by atoms with Gasteiger partial charge >= 0.3 is 5.97 Å². The first-order valence-corrected chi connectivity index (χ1v) is 6.97. The number of aromatic carboxylic acids is 1. The highest BCUT2D eigenvalue weighted by Gasteiger charge is 2.47. The number of aliphatic hydroxyl groups is 1. The number of rotatable bonds is 3. The lowest BCUT2D eigenvalue weighted by Gasteiger charge is -2.50. The minimum Gasteiger partial charge on any atom is -0.477 e. The molecule has 3 rings (SSSR count). The van der Waals surface area contributed by atoms with E-state index in [-0.39, 0.29) is 23.3 Å². The number of hydrogen-bond acceptors (Lipinski definition) is 4. The summed E-state index contributed by atoms with van der Waals surface area (Å²) < 4.78 is 0. The molecule has 2 aromatic rings. The maximum absolute atomic E-state index is 11.2. The van der Waals surface area contributed by atoms with Crippen molar-refractivity contribution in [2.24, 2.45) is 5.41 Å². The number of carbonyl (C=O) groups is 1. The Morgan fingerprint density at radius 1 is 1.38 bits per heavy atom. The molecule has 1 aromatic carbocycles. The summed E-state index contributed by atoms with van der Waals surface area (Å²) in [5.41, 5.74) is 1.20. The van der Waals surface area contributed by atoms with Crippen molar-refractivity contribution in [3.8, 4) is 0 Å². The molecule has 110 valence electrons. The van der Waals surface area contributed by atoms with E-state index < -0.39 is 5.97 Å². The fourth-order valence-corrected chi connectivity index (χ4v) is 2.74. The standard InChI is InChI=1S/C16H18N2O3/c1-16(2)13(8-14(16)19)18-11-7-12(15(20)21)17-10-6-4-3-5-9(10)11/h3-7,13-14,19H,8H2,1-2H3,(H,17,18)(H,20,21). The van der Waals surface area contributed by atoms with Crippen molar-refractivity contribution >= 4 is 22.6 Å². The second kappa shape index (κ2) is 4.70. The van der Waals surface area contributed by atoms with Crippen molar-refractivity contribution < 1.29 is 15.0 Å². The molecule has 2 atom stereocenters. The van der Waals surface area contributed by atoms with E-state index in [9.17, 15) is 15.0 Å². The summed E-state index contributed by atoms with van der Waals surface area (Å²) in [6.45, 7) is 4.00. The predicted molar refractivity (Wildman–Crippen MR) is 80.5 cm³/mol. The summed E-state index contributed by atoms with van der Waals surface area (Å²) in [6.07, 6.45) is 0.327. The Morgan fingerprint density at radius 2 is 2.10 bits per heavy atom. The molecular weight excluding hydrogens is 268 g/mol. The third kappa shape index (κ3) is 2.23. The van der Waals surface area contributed by atoms with Gasteiger partial charge in [-0.25, -0.2) is 9.78 Å². The molecule has 1 saturated carbocycles. The molecule has 0 spiro atoms. The van der Waals surface area contributed by atoms with Gasteiger partial charge in [0.1, 0.15) is 0 Å². The van der Waals surface area contributed by atoms with Gasteiger partial charge in [0.15, 0.2) is 5.69 Å². The van der Waals surface area contributed by atoms with Crippen LogP contribution in [0.4, 0.5) is 5.69 Å². The lowest BCUT2D eigenvalue weighted by atomic mass is 9.64. The van der Waals surface area contributed by atoms with E-state index in [1.165, 1.54) is 0 Å². The number of aliphatic hydroxyl groups excluding tert-OH is 1. The molecule has 1 heterocycles. The van der Waals surface area contributed by atoms with E-state index in [1.54, 1.807) is 12.1 Å². The molecule has 0 amide bonds. The van der Waals surface area contributed by atoms with Gasteiger partial charge < -0.3 is 15.5 Å². The molecule has 3 N–H and O–H groups in total. The predicted octanol–water partition coefficient (Wildman–Crippen LogP) is 2.50. The van der Waals surface area contributed by atoms with Crippen LogP contribution in [-0.2, 0) is 0 Å². The lowest BCUT2D eigenvalue weighted by molar-refractivity contribution is -0.0510.